The van der Waals surface area contributed by atoms with E-state index in [1.807, 2.05) is 69.3 Å². The van der Waals surface area contributed by atoms with Crippen LogP contribution < -0.4 is 10.9 Å². The van der Waals surface area contributed by atoms with Crippen LogP contribution in [0.25, 0.3) is 26.9 Å². The number of anilines is 1. The monoisotopic (exact) mass is 457 g/mol. The molecule has 0 saturated carbocycles. The topological polar surface area (TPSA) is 81.8 Å². The SMILES string of the molecule is Cc1ccc2nc(NC(=O)C(C)n3c(=O)cc(C)c4c(C)nn(-c5ccccc5)c43)sc2c1. The molecule has 5 aromatic rings. The van der Waals surface area contributed by atoms with Gasteiger partial charge in [-0.05, 0) is 63.1 Å². The van der Waals surface area contributed by atoms with Crippen LogP contribution in [0.3, 0.4) is 0 Å². The third kappa shape index (κ3) is 3.62. The van der Waals surface area contributed by atoms with Crippen molar-refractivity contribution in [1.29, 1.82) is 0 Å². The minimum Gasteiger partial charge on any atom is -0.300 e. The number of para-hydroxylation sites is 1. The summed E-state index contributed by atoms with van der Waals surface area (Å²) in [6, 6.07) is 16.4. The molecule has 8 heteroatoms. The maximum absolute atomic E-state index is 13.3. The lowest BCUT2D eigenvalue weighted by Crippen LogP contribution is -2.32. The van der Waals surface area contributed by atoms with E-state index in [-0.39, 0.29) is 11.5 Å². The number of nitrogens with one attached hydrogen (secondary N) is 1. The summed E-state index contributed by atoms with van der Waals surface area (Å²) in [5.41, 5.74) is 4.78. The van der Waals surface area contributed by atoms with Crippen molar-refractivity contribution in [3.05, 3.63) is 81.8 Å². The average molecular weight is 458 g/mol. The van der Waals surface area contributed by atoms with Crippen molar-refractivity contribution in [2.24, 2.45) is 0 Å². The van der Waals surface area contributed by atoms with Gasteiger partial charge in [-0.1, -0.05) is 35.6 Å². The van der Waals surface area contributed by atoms with Crippen LogP contribution in [0.15, 0.2) is 59.4 Å². The van der Waals surface area contributed by atoms with E-state index < -0.39 is 6.04 Å². The van der Waals surface area contributed by atoms with E-state index in [0.29, 0.717) is 10.8 Å². The van der Waals surface area contributed by atoms with Gasteiger partial charge in [-0.2, -0.15) is 5.10 Å². The van der Waals surface area contributed by atoms with Gasteiger partial charge >= 0.3 is 0 Å². The summed E-state index contributed by atoms with van der Waals surface area (Å²) < 4.78 is 4.26. The molecule has 166 valence electrons. The van der Waals surface area contributed by atoms with E-state index in [1.54, 1.807) is 17.7 Å². The number of fused-ring (bicyclic) bond motifs is 2. The smallest absolute Gasteiger partial charge is 0.253 e. The molecule has 1 amide bonds. The third-order valence-corrected chi connectivity index (χ3v) is 6.71. The number of amides is 1. The highest BCUT2D eigenvalue weighted by Gasteiger charge is 2.24. The second-order valence-corrected chi connectivity index (χ2v) is 9.25. The largest absolute Gasteiger partial charge is 0.300 e. The van der Waals surface area contributed by atoms with Gasteiger partial charge in [0.1, 0.15) is 11.7 Å². The Hall–Kier alpha value is -3.78. The van der Waals surface area contributed by atoms with Crippen molar-refractivity contribution >= 4 is 43.6 Å². The first-order valence-electron chi connectivity index (χ1n) is 10.7. The van der Waals surface area contributed by atoms with Gasteiger partial charge in [-0.3, -0.25) is 14.2 Å². The average Bonchev–Trinajstić information content (AvgIpc) is 3.34. The number of benzene rings is 2. The fourth-order valence-electron chi connectivity index (χ4n) is 4.17. The number of rotatable bonds is 4. The van der Waals surface area contributed by atoms with Gasteiger partial charge in [-0.25, -0.2) is 9.67 Å². The Bertz CT molecular complexity index is 1580. The predicted octanol–water partition coefficient (Wildman–Crippen LogP) is 4.92. The van der Waals surface area contributed by atoms with E-state index in [1.165, 1.54) is 15.9 Å². The van der Waals surface area contributed by atoms with Gasteiger partial charge in [-0.15, -0.1) is 0 Å². The lowest BCUT2D eigenvalue weighted by molar-refractivity contribution is -0.118. The molecule has 3 heterocycles. The molecule has 1 unspecified atom stereocenters. The van der Waals surface area contributed by atoms with E-state index >= 15 is 0 Å². The fourth-order valence-corrected chi connectivity index (χ4v) is 5.13. The normalized spacial score (nSPS) is 12.4. The van der Waals surface area contributed by atoms with Gasteiger partial charge in [0.05, 0.1) is 21.6 Å². The number of aryl methyl sites for hydroxylation is 3. The molecule has 33 heavy (non-hydrogen) atoms. The fraction of sp³-hybridized carbons (Fsp3) is 0.200. The molecule has 0 fully saturated rings. The third-order valence-electron chi connectivity index (χ3n) is 5.78. The summed E-state index contributed by atoms with van der Waals surface area (Å²) in [6.45, 7) is 7.55. The maximum atomic E-state index is 13.3. The summed E-state index contributed by atoms with van der Waals surface area (Å²) in [4.78, 5) is 30.9. The van der Waals surface area contributed by atoms with E-state index in [0.717, 1.165) is 38.1 Å². The molecule has 0 bridgehead atoms. The minimum absolute atomic E-state index is 0.250. The molecule has 2 aromatic carbocycles. The molecular formula is C25H23N5O2S. The van der Waals surface area contributed by atoms with Crippen molar-refractivity contribution < 1.29 is 4.79 Å². The van der Waals surface area contributed by atoms with Crippen LogP contribution in [0.2, 0.25) is 0 Å². The molecule has 1 N–H and O–H groups in total. The van der Waals surface area contributed by atoms with Gasteiger partial charge in [0.25, 0.3) is 5.56 Å². The second-order valence-electron chi connectivity index (χ2n) is 8.22. The number of aromatic nitrogens is 4. The highest BCUT2D eigenvalue weighted by Crippen LogP contribution is 2.29. The Balaban J connectivity index is 1.61. The highest BCUT2D eigenvalue weighted by molar-refractivity contribution is 7.22. The lowest BCUT2D eigenvalue weighted by atomic mass is 10.1. The number of hydrogen-bond acceptors (Lipinski definition) is 5. The Labute approximate surface area is 194 Å². The molecule has 0 radical (unpaired) electrons. The van der Waals surface area contributed by atoms with Crippen LogP contribution >= 0.6 is 11.3 Å². The number of carbonyl (C=O) groups excluding carboxylic acids is 1. The molecule has 1 atom stereocenters. The Morgan fingerprint density at radius 1 is 1.06 bits per heavy atom. The van der Waals surface area contributed by atoms with Crippen LogP contribution in [0.1, 0.15) is 29.8 Å². The summed E-state index contributed by atoms with van der Waals surface area (Å²) in [5, 5.41) is 8.98. The number of pyridine rings is 1. The molecule has 7 nitrogen and oxygen atoms in total. The molecule has 0 saturated heterocycles. The second kappa shape index (κ2) is 7.97. The zero-order valence-electron chi connectivity index (χ0n) is 18.8. The summed E-state index contributed by atoms with van der Waals surface area (Å²) >= 11 is 1.42. The maximum Gasteiger partial charge on any atom is 0.253 e. The number of thiazole rings is 1. The van der Waals surface area contributed by atoms with Crippen LogP contribution in [-0.2, 0) is 4.79 Å². The van der Waals surface area contributed by atoms with Gasteiger partial charge in [0.2, 0.25) is 5.91 Å². The molecule has 0 aliphatic rings. The lowest BCUT2D eigenvalue weighted by Gasteiger charge is -2.18. The van der Waals surface area contributed by atoms with E-state index in [2.05, 4.69) is 10.3 Å². The Kier molecular flexibility index (Phi) is 5.09. The van der Waals surface area contributed by atoms with Crippen molar-refractivity contribution in [3.8, 4) is 5.69 Å². The van der Waals surface area contributed by atoms with Crippen LogP contribution in [0, 0.1) is 20.8 Å². The molecule has 3 aromatic heterocycles. The van der Waals surface area contributed by atoms with Crippen molar-refractivity contribution in [2.45, 2.75) is 33.7 Å². The molecule has 0 aliphatic carbocycles. The predicted molar refractivity (Wildman–Crippen MR) is 133 cm³/mol. The van der Waals surface area contributed by atoms with Crippen molar-refractivity contribution in [1.82, 2.24) is 19.3 Å². The van der Waals surface area contributed by atoms with Crippen LogP contribution in [0.4, 0.5) is 5.13 Å². The number of hydrogen-bond donors (Lipinski definition) is 1. The quantitative estimate of drug-likeness (QED) is 0.415. The first kappa shape index (κ1) is 21.1. The zero-order chi connectivity index (χ0) is 23.3. The molecular weight excluding hydrogens is 434 g/mol. The van der Waals surface area contributed by atoms with Crippen LogP contribution in [-0.4, -0.2) is 25.2 Å². The number of nitrogens with zero attached hydrogens (tertiary/aromatic N) is 4. The molecule has 0 aliphatic heterocycles. The molecule has 0 spiro atoms. The van der Waals surface area contributed by atoms with Gasteiger partial charge < -0.3 is 5.32 Å². The highest BCUT2D eigenvalue weighted by atomic mass is 32.1. The first-order valence-corrected chi connectivity index (χ1v) is 11.5. The van der Waals surface area contributed by atoms with Crippen LogP contribution in [0.5, 0.6) is 0 Å². The Morgan fingerprint density at radius 3 is 2.58 bits per heavy atom. The first-order chi connectivity index (χ1) is 15.8. The summed E-state index contributed by atoms with van der Waals surface area (Å²) in [6.07, 6.45) is 0. The van der Waals surface area contributed by atoms with E-state index in [9.17, 15) is 9.59 Å². The molecule has 5 rings (SSSR count). The standard InChI is InChI=1S/C25H23N5O2S/c1-14-10-11-19-20(12-14)33-25(26-19)27-23(32)17(4)29-21(31)13-15(2)22-16(3)28-30(24(22)29)18-8-6-5-7-9-18/h5-13,17H,1-4H3,(H,26,27,32). The van der Waals surface area contributed by atoms with E-state index in [4.69, 9.17) is 5.10 Å². The van der Waals surface area contributed by atoms with Crippen molar-refractivity contribution in [3.63, 3.8) is 0 Å². The minimum atomic E-state index is -0.770. The zero-order valence-corrected chi connectivity index (χ0v) is 19.6. The Morgan fingerprint density at radius 2 is 1.82 bits per heavy atom. The summed E-state index contributed by atoms with van der Waals surface area (Å²) in [5.74, 6) is -0.309. The van der Waals surface area contributed by atoms with Crippen molar-refractivity contribution in [2.75, 3.05) is 5.32 Å². The van der Waals surface area contributed by atoms with Gasteiger partial charge in [0, 0.05) is 11.5 Å². The van der Waals surface area contributed by atoms with Gasteiger partial charge in [0.15, 0.2) is 5.13 Å². The number of carbonyl (C=O) groups is 1. The summed E-state index contributed by atoms with van der Waals surface area (Å²) in [7, 11) is 0.